The van der Waals surface area contributed by atoms with E-state index in [1.54, 1.807) is 12.1 Å². The fraction of sp³-hybridized carbons (Fsp3) is 0.538. The van der Waals surface area contributed by atoms with Crippen LogP contribution >= 0.6 is 0 Å². The average Bonchev–Trinajstić information content (AvgIpc) is 2.32. The van der Waals surface area contributed by atoms with Gasteiger partial charge in [0.25, 0.3) is 0 Å². The summed E-state index contributed by atoms with van der Waals surface area (Å²) in [5.41, 5.74) is 6.71. The molecular weight excluding hydrogens is 219 g/mol. The van der Waals surface area contributed by atoms with Crippen molar-refractivity contribution in [3.8, 4) is 0 Å². The van der Waals surface area contributed by atoms with E-state index in [0.717, 1.165) is 19.4 Å². The van der Waals surface area contributed by atoms with E-state index < -0.39 is 0 Å². The number of nitrogens with two attached hydrogens (primary N) is 1. The minimum Gasteiger partial charge on any atom is -0.392 e. The molecule has 1 aliphatic heterocycles. The Morgan fingerprint density at radius 1 is 1.41 bits per heavy atom. The molecule has 1 heterocycles. The smallest absolute Gasteiger partial charge is 0.132 e. The minimum atomic E-state index is -0.274. The van der Waals surface area contributed by atoms with E-state index in [2.05, 4.69) is 4.90 Å². The maximum atomic E-state index is 14.0. The molecule has 0 amide bonds. The van der Waals surface area contributed by atoms with Crippen LogP contribution in [0.15, 0.2) is 18.2 Å². The molecular formula is C13H19FN2O. The van der Waals surface area contributed by atoms with Crippen LogP contribution in [0.25, 0.3) is 0 Å². The van der Waals surface area contributed by atoms with Gasteiger partial charge in [0.2, 0.25) is 0 Å². The molecule has 0 saturated carbocycles. The first-order valence-corrected chi connectivity index (χ1v) is 6.07. The standard InChI is InChI=1S/C13H19FN2O/c14-13-10(7-15)3-1-4-11(13)8-16-6-2-5-12(17)9-16/h1,3-4,12,17H,2,5-9,15H2. The number of β-amino-alcohol motifs (C(OH)–C–C–N with tert-alkyl or cyclic N) is 1. The Morgan fingerprint density at radius 3 is 2.88 bits per heavy atom. The third-order valence-electron chi connectivity index (χ3n) is 3.25. The summed E-state index contributed by atoms with van der Waals surface area (Å²) in [4.78, 5) is 2.09. The number of likely N-dealkylation sites (tertiary alicyclic amines) is 1. The molecule has 3 nitrogen and oxygen atoms in total. The predicted octanol–water partition coefficient (Wildman–Crippen LogP) is 1.24. The molecule has 3 N–H and O–H groups in total. The largest absolute Gasteiger partial charge is 0.392 e. The first kappa shape index (κ1) is 12.5. The van der Waals surface area contributed by atoms with E-state index >= 15 is 0 Å². The van der Waals surface area contributed by atoms with Crippen molar-refractivity contribution in [3.63, 3.8) is 0 Å². The van der Waals surface area contributed by atoms with Crippen molar-refractivity contribution in [1.82, 2.24) is 4.90 Å². The van der Waals surface area contributed by atoms with Gasteiger partial charge < -0.3 is 10.8 Å². The first-order chi connectivity index (χ1) is 8.20. The van der Waals surface area contributed by atoms with Gasteiger partial charge in [-0.05, 0) is 19.4 Å². The minimum absolute atomic E-state index is 0.199. The van der Waals surface area contributed by atoms with Crippen LogP contribution < -0.4 is 5.73 Å². The number of piperidine rings is 1. The maximum Gasteiger partial charge on any atom is 0.132 e. The lowest BCUT2D eigenvalue weighted by molar-refractivity contribution is 0.0662. The van der Waals surface area contributed by atoms with Crippen molar-refractivity contribution in [2.45, 2.75) is 32.0 Å². The van der Waals surface area contributed by atoms with Crippen LogP contribution in [0, 0.1) is 5.82 Å². The average molecular weight is 238 g/mol. The Hall–Kier alpha value is -0.970. The normalized spacial score (nSPS) is 21.7. The number of nitrogens with zero attached hydrogens (tertiary/aromatic N) is 1. The number of aliphatic hydroxyl groups excluding tert-OH is 1. The fourth-order valence-electron chi connectivity index (χ4n) is 2.33. The summed E-state index contributed by atoms with van der Waals surface area (Å²) in [5, 5.41) is 9.57. The summed E-state index contributed by atoms with van der Waals surface area (Å²) in [6.07, 6.45) is 1.55. The number of aliphatic hydroxyl groups is 1. The Morgan fingerprint density at radius 2 is 2.18 bits per heavy atom. The molecule has 1 aromatic rings. The molecule has 0 aliphatic carbocycles. The van der Waals surface area contributed by atoms with Crippen LogP contribution in [0.3, 0.4) is 0 Å². The predicted molar refractivity (Wildman–Crippen MR) is 64.8 cm³/mol. The van der Waals surface area contributed by atoms with Gasteiger partial charge in [0.15, 0.2) is 0 Å². The van der Waals surface area contributed by atoms with Crippen LogP contribution in [0.2, 0.25) is 0 Å². The summed E-state index contributed by atoms with van der Waals surface area (Å²) < 4.78 is 14.0. The molecule has 1 aliphatic rings. The monoisotopic (exact) mass is 238 g/mol. The quantitative estimate of drug-likeness (QED) is 0.833. The highest BCUT2D eigenvalue weighted by molar-refractivity contribution is 5.25. The molecule has 0 aromatic heterocycles. The van der Waals surface area contributed by atoms with Gasteiger partial charge in [-0.3, -0.25) is 4.90 Å². The van der Waals surface area contributed by atoms with Crippen LogP contribution in [0.1, 0.15) is 24.0 Å². The Balaban J connectivity index is 2.07. The van der Waals surface area contributed by atoms with Gasteiger partial charge in [-0.1, -0.05) is 18.2 Å². The van der Waals surface area contributed by atoms with Gasteiger partial charge in [-0.25, -0.2) is 4.39 Å². The van der Waals surface area contributed by atoms with Crippen molar-refractivity contribution in [1.29, 1.82) is 0 Å². The third-order valence-corrected chi connectivity index (χ3v) is 3.25. The van der Waals surface area contributed by atoms with Crippen molar-refractivity contribution < 1.29 is 9.50 Å². The van der Waals surface area contributed by atoms with Gasteiger partial charge in [-0.15, -0.1) is 0 Å². The van der Waals surface area contributed by atoms with Crippen LogP contribution in [-0.4, -0.2) is 29.2 Å². The lowest BCUT2D eigenvalue weighted by Crippen LogP contribution is -2.37. The van der Waals surface area contributed by atoms with Gasteiger partial charge in [0, 0.05) is 30.8 Å². The molecule has 1 atom stereocenters. The zero-order valence-electron chi connectivity index (χ0n) is 9.90. The van der Waals surface area contributed by atoms with E-state index in [1.165, 1.54) is 0 Å². The summed E-state index contributed by atoms with van der Waals surface area (Å²) in [6, 6.07) is 5.33. The second-order valence-corrected chi connectivity index (χ2v) is 4.63. The van der Waals surface area contributed by atoms with Gasteiger partial charge >= 0.3 is 0 Å². The summed E-state index contributed by atoms with van der Waals surface area (Å²) in [5.74, 6) is -0.199. The molecule has 2 rings (SSSR count). The number of hydrogen-bond donors (Lipinski definition) is 2. The van der Waals surface area contributed by atoms with E-state index in [-0.39, 0.29) is 18.5 Å². The van der Waals surface area contributed by atoms with Crippen LogP contribution in [0.5, 0.6) is 0 Å². The summed E-state index contributed by atoms with van der Waals surface area (Å²) >= 11 is 0. The maximum absolute atomic E-state index is 14.0. The van der Waals surface area contributed by atoms with Crippen molar-refractivity contribution in [2.75, 3.05) is 13.1 Å². The van der Waals surface area contributed by atoms with Crippen molar-refractivity contribution in [3.05, 3.63) is 35.1 Å². The summed E-state index contributed by atoms with van der Waals surface area (Å²) in [6.45, 7) is 2.33. The number of hydrogen-bond acceptors (Lipinski definition) is 3. The Labute approximate surface area is 101 Å². The molecule has 1 aromatic carbocycles. The summed E-state index contributed by atoms with van der Waals surface area (Å²) in [7, 11) is 0. The van der Waals surface area contributed by atoms with Crippen molar-refractivity contribution in [2.24, 2.45) is 5.73 Å². The Kier molecular flexibility index (Phi) is 4.10. The highest BCUT2D eigenvalue weighted by atomic mass is 19.1. The number of benzene rings is 1. The van der Waals surface area contributed by atoms with E-state index in [9.17, 15) is 9.50 Å². The zero-order chi connectivity index (χ0) is 12.3. The molecule has 4 heteroatoms. The molecule has 1 fully saturated rings. The van der Waals surface area contributed by atoms with Crippen LogP contribution in [-0.2, 0) is 13.1 Å². The third kappa shape index (κ3) is 3.03. The number of halogens is 1. The topological polar surface area (TPSA) is 49.5 Å². The molecule has 94 valence electrons. The van der Waals surface area contributed by atoms with E-state index in [4.69, 9.17) is 5.73 Å². The zero-order valence-corrected chi connectivity index (χ0v) is 9.90. The van der Waals surface area contributed by atoms with Gasteiger partial charge in [0.05, 0.1) is 6.10 Å². The van der Waals surface area contributed by atoms with Crippen molar-refractivity contribution >= 4 is 0 Å². The van der Waals surface area contributed by atoms with Crippen LogP contribution in [0.4, 0.5) is 4.39 Å². The first-order valence-electron chi connectivity index (χ1n) is 6.07. The molecule has 0 radical (unpaired) electrons. The number of rotatable bonds is 3. The lowest BCUT2D eigenvalue weighted by Gasteiger charge is -2.30. The molecule has 0 spiro atoms. The Bertz CT molecular complexity index is 384. The highest BCUT2D eigenvalue weighted by Gasteiger charge is 2.19. The van der Waals surface area contributed by atoms with Gasteiger partial charge in [-0.2, -0.15) is 0 Å². The highest BCUT2D eigenvalue weighted by Crippen LogP contribution is 2.17. The molecule has 17 heavy (non-hydrogen) atoms. The SMILES string of the molecule is NCc1cccc(CN2CCCC(O)C2)c1F. The molecule has 1 unspecified atom stereocenters. The molecule has 0 bridgehead atoms. The van der Waals surface area contributed by atoms with E-state index in [1.807, 2.05) is 6.07 Å². The second kappa shape index (κ2) is 5.58. The van der Waals surface area contributed by atoms with E-state index in [0.29, 0.717) is 24.2 Å². The molecule has 1 saturated heterocycles. The fourth-order valence-corrected chi connectivity index (χ4v) is 2.33. The van der Waals surface area contributed by atoms with Gasteiger partial charge in [0.1, 0.15) is 5.82 Å². The lowest BCUT2D eigenvalue weighted by atomic mass is 10.1. The second-order valence-electron chi connectivity index (χ2n) is 4.63.